The molecular formula is C21H27NO4. The zero-order valence-electron chi connectivity index (χ0n) is 15.7. The van der Waals surface area contributed by atoms with Crippen molar-refractivity contribution < 1.29 is 19.0 Å². The maximum absolute atomic E-state index is 11.9. The number of rotatable bonds is 10. The Morgan fingerprint density at radius 1 is 1.04 bits per heavy atom. The Morgan fingerprint density at radius 2 is 1.73 bits per heavy atom. The summed E-state index contributed by atoms with van der Waals surface area (Å²) >= 11 is 0. The number of hydrogen-bond donors (Lipinski definition) is 1. The largest absolute Gasteiger partial charge is 0.496 e. The minimum Gasteiger partial charge on any atom is -0.496 e. The molecule has 0 fully saturated rings. The molecule has 2 aromatic carbocycles. The van der Waals surface area contributed by atoms with Gasteiger partial charge in [-0.05, 0) is 56.2 Å². The summed E-state index contributed by atoms with van der Waals surface area (Å²) in [4.78, 5) is 11.9. The molecule has 0 aliphatic carbocycles. The molecular weight excluding hydrogens is 330 g/mol. The fourth-order valence-electron chi connectivity index (χ4n) is 2.59. The van der Waals surface area contributed by atoms with Crippen LogP contribution in [0, 0.1) is 6.92 Å². The molecule has 0 spiro atoms. The minimum absolute atomic E-state index is 0.0254. The van der Waals surface area contributed by atoms with Crippen molar-refractivity contribution in [2.24, 2.45) is 0 Å². The van der Waals surface area contributed by atoms with Gasteiger partial charge in [-0.3, -0.25) is 4.79 Å². The fraction of sp³-hybridized carbons (Fsp3) is 0.381. The normalized spacial score (nSPS) is 10.3. The number of carbonyl (C=O) groups is 1. The molecule has 2 aromatic rings. The average Bonchev–Trinajstić information content (AvgIpc) is 2.64. The molecule has 0 aromatic heterocycles. The van der Waals surface area contributed by atoms with E-state index < -0.39 is 0 Å². The summed E-state index contributed by atoms with van der Waals surface area (Å²) in [6, 6.07) is 13.4. The smallest absolute Gasteiger partial charge is 0.223 e. The molecule has 0 saturated heterocycles. The van der Waals surface area contributed by atoms with Gasteiger partial charge < -0.3 is 19.5 Å². The van der Waals surface area contributed by atoms with Crippen LogP contribution in [0.15, 0.2) is 42.5 Å². The van der Waals surface area contributed by atoms with Crippen molar-refractivity contribution >= 4 is 5.91 Å². The van der Waals surface area contributed by atoms with Gasteiger partial charge in [0.2, 0.25) is 5.91 Å². The van der Waals surface area contributed by atoms with Crippen molar-refractivity contribution in [3.8, 4) is 17.2 Å². The van der Waals surface area contributed by atoms with E-state index in [9.17, 15) is 4.79 Å². The second-order valence-corrected chi connectivity index (χ2v) is 5.92. The number of benzene rings is 2. The summed E-state index contributed by atoms with van der Waals surface area (Å²) < 4.78 is 16.3. The molecule has 0 saturated carbocycles. The van der Waals surface area contributed by atoms with Crippen LogP contribution in [0.5, 0.6) is 17.2 Å². The first-order valence-electron chi connectivity index (χ1n) is 8.88. The Kier molecular flexibility index (Phi) is 7.80. The molecule has 5 heteroatoms. The number of carbonyl (C=O) groups excluding carboxylic acids is 1. The SMILES string of the molecule is CCOc1ccc(OCCC(=O)NCCc2cc(C)ccc2OC)cc1. The molecule has 5 nitrogen and oxygen atoms in total. The highest BCUT2D eigenvalue weighted by Crippen LogP contribution is 2.20. The van der Waals surface area contributed by atoms with Crippen LogP contribution in [-0.4, -0.2) is 32.8 Å². The summed E-state index contributed by atoms with van der Waals surface area (Å²) in [7, 11) is 1.66. The molecule has 0 aliphatic rings. The molecule has 0 heterocycles. The Morgan fingerprint density at radius 3 is 2.38 bits per heavy atom. The summed E-state index contributed by atoms with van der Waals surface area (Å²) in [5, 5.41) is 2.92. The first-order valence-corrected chi connectivity index (χ1v) is 8.88. The molecule has 0 bridgehead atoms. The van der Waals surface area contributed by atoms with E-state index in [4.69, 9.17) is 14.2 Å². The Hall–Kier alpha value is -2.69. The second kappa shape index (κ2) is 10.3. The highest BCUT2D eigenvalue weighted by atomic mass is 16.5. The number of aryl methyl sites for hydroxylation is 1. The van der Waals surface area contributed by atoms with Crippen LogP contribution >= 0.6 is 0 Å². The van der Waals surface area contributed by atoms with E-state index in [0.717, 1.165) is 29.2 Å². The van der Waals surface area contributed by atoms with Crippen LogP contribution in [0.2, 0.25) is 0 Å². The minimum atomic E-state index is -0.0254. The zero-order valence-corrected chi connectivity index (χ0v) is 15.7. The van der Waals surface area contributed by atoms with Gasteiger partial charge in [0.05, 0.1) is 26.7 Å². The van der Waals surface area contributed by atoms with E-state index in [1.165, 1.54) is 5.56 Å². The molecule has 0 radical (unpaired) electrons. The lowest BCUT2D eigenvalue weighted by molar-refractivity contribution is -0.121. The lowest BCUT2D eigenvalue weighted by atomic mass is 10.1. The van der Waals surface area contributed by atoms with Crippen molar-refractivity contribution in [1.29, 1.82) is 0 Å². The van der Waals surface area contributed by atoms with Crippen molar-refractivity contribution in [2.45, 2.75) is 26.7 Å². The molecule has 1 amide bonds. The summed E-state index contributed by atoms with van der Waals surface area (Å²) in [6.07, 6.45) is 1.05. The summed E-state index contributed by atoms with van der Waals surface area (Å²) in [5.74, 6) is 2.36. The fourth-order valence-corrected chi connectivity index (χ4v) is 2.59. The van der Waals surface area contributed by atoms with Gasteiger partial charge in [-0.1, -0.05) is 17.7 Å². The number of amides is 1. The molecule has 0 unspecified atom stereocenters. The maximum atomic E-state index is 11.9. The summed E-state index contributed by atoms with van der Waals surface area (Å²) in [6.45, 7) is 5.53. The van der Waals surface area contributed by atoms with Gasteiger partial charge in [0.25, 0.3) is 0 Å². The molecule has 140 valence electrons. The van der Waals surface area contributed by atoms with Crippen molar-refractivity contribution in [1.82, 2.24) is 5.32 Å². The first kappa shape index (κ1) is 19.6. The summed E-state index contributed by atoms with van der Waals surface area (Å²) in [5.41, 5.74) is 2.27. The number of nitrogens with one attached hydrogen (secondary N) is 1. The quantitative estimate of drug-likeness (QED) is 0.707. The third kappa shape index (κ3) is 6.31. The predicted molar refractivity (Wildman–Crippen MR) is 102 cm³/mol. The molecule has 2 rings (SSSR count). The van der Waals surface area contributed by atoms with Crippen LogP contribution in [0.1, 0.15) is 24.5 Å². The van der Waals surface area contributed by atoms with Gasteiger partial charge in [-0.25, -0.2) is 0 Å². The number of methoxy groups -OCH3 is 1. The zero-order chi connectivity index (χ0) is 18.8. The van der Waals surface area contributed by atoms with Crippen LogP contribution in [-0.2, 0) is 11.2 Å². The Labute approximate surface area is 155 Å². The van der Waals surface area contributed by atoms with E-state index in [-0.39, 0.29) is 5.91 Å². The molecule has 0 aliphatic heterocycles. The third-order valence-electron chi connectivity index (χ3n) is 3.89. The average molecular weight is 357 g/mol. The monoisotopic (exact) mass is 357 g/mol. The molecule has 26 heavy (non-hydrogen) atoms. The van der Waals surface area contributed by atoms with E-state index >= 15 is 0 Å². The lowest BCUT2D eigenvalue weighted by Gasteiger charge is -2.11. The van der Waals surface area contributed by atoms with Gasteiger partial charge >= 0.3 is 0 Å². The highest BCUT2D eigenvalue weighted by molar-refractivity contribution is 5.76. The van der Waals surface area contributed by atoms with Crippen molar-refractivity contribution in [2.75, 3.05) is 26.9 Å². The van der Waals surface area contributed by atoms with Crippen LogP contribution in [0.25, 0.3) is 0 Å². The van der Waals surface area contributed by atoms with Gasteiger partial charge in [-0.15, -0.1) is 0 Å². The van der Waals surface area contributed by atoms with Crippen LogP contribution in [0.4, 0.5) is 0 Å². The van der Waals surface area contributed by atoms with Crippen LogP contribution < -0.4 is 19.5 Å². The van der Waals surface area contributed by atoms with E-state index in [0.29, 0.717) is 26.2 Å². The van der Waals surface area contributed by atoms with Crippen LogP contribution in [0.3, 0.4) is 0 Å². The Bertz CT molecular complexity index is 698. The van der Waals surface area contributed by atoms with Gasteiger partial charge in [0.15, 0.2) is 0 Å². The van der Waals surface area contributed by atoms with Gasteiger partial charge in [0, 0.05) is 6.54 Å². The maximum Gasteiger partial charge on any atom is 0.223 e. The second-order valence-electron chi connectivity index (χ2n) is 5.92. The number of hydrogen-bond acceptors (Lipinski definition) is 4. The Balaban J connectivity index is 1.68. The van der Waals surface area contributed by atoms with E-state index in [2.05, 4.69) is 11.4 Å². The predicted octanol–water partition coefficient (Wildman–Crippen LogP) is 3.53. The van der Waals surface area contributed by atoms with E-state index in [1.807, 2.05) is 50.2 Å². The van der Waals surface area contributed by atoms with E-state index in [1.54, 1.807) is 7.11 Å². The highest BCUT2D eigenvalue weighted by Gasteiger charge is 2.06. The third-order valence-corrected chi connectivity index (χ3v) is 3.89. The van der Waals surface area contributed by atoms with Crippen molar-refractivity contribution in [3.63, 3.8) is 0 Å². The first-order chi connectivity index (χ1) is 12.6. The standard InChI is InChI=1S/C21H27NO4/c1-4-25-18-6-8-19(9-7-18)26-14-12-21(23)22-13-11-17-15-16(2)5-10-20(17)24-3/h5-10,15H,4,11-14H2,1-3H3,(H,22,23). The van der Waals surface area contributed by atoms with Gasteiger partial charge in [0.1, 0.15) is 17.2 Å². The molecule has 0 atom stereocenters. The van der Waals surface area contributed by atoms with Gasteiger partial charge in [-0.2, -0.15) is 0 Å². The number of ether oxygens (including phenoxy) is 3. The lowest BCUT2D eigenvalue weighted by Crippen LogP contribution is -2.27. The topological polar surface area (TPSA) is 56.8 Å². The van der Waals surface area contributed by atoms with Crippen molar-refractivity contribution in [3.05, 3.63) is 53.6 Å². The molecule has 1 N–H and O–H groups in total.